The molecule has 0 amide bonds. The van der Waals surface area contributed by atoms with Gasteiger partial charge < -0.3 is 9.53 Å². The number of rotatable bonds is 3. The molecule has 3 atom stereocenters. The van der Waals surface area contributed by atoms with Gasteiger partial charge in [0.1, 0.15) is 12.0 Å². The molecule has 0 saturated heterocycles. The van der Waals surface area contributed by atoms with E-state index in [1.807, 2.05) is 0 Å². The van der Waals surface area contributed by atoms with Gasteiger partial charge in [-0.15, -0.1) is 0 Å². The van der Waals surface area contributed by atoms with E-state index in [1.54, 1.807) is 7.11 Å². The molecule has 2 aliphatic rings. The molecule has 0 radical (unpaired) electrons. The molecule has 0 aliphatic heterocycles. The Kier molecular flexibility index (Phi) is 3.59. The van der Waals surface area contributed by atoms with Crippen LogP contribution in [0.25, 0.3) is 0 Å². The lowest BCUT2D eigenvalue weighted by Crippen LogP contribution is -2.49. The van der Waals surface area contributed by atoms with Crippen LogP contribution in [0, 0.1) is 11.3 Å². The number of carbonyl (C=O) groups is 1. The van der Waals surface area contributed by atoms with Crippen molar-refractivity contribution in [1.29, 1.82) is 0 Å². The third-order valence-electron chi connectivity index (χ3n) is 6.24. The Labute approximate surface area is 127 Å². The molecule has 0 aromatic heterocycles. The number of benzene rings is 1. The summed E-state index contributed by atoms with van der Waals surface area (Å²) in [5.41, 5.74) is 3.30. The number of methoxy groups -OCH3 is 1. The number of hydrogen-bond donors (Lipinski definition) is 0. The number of fused-ring (bicyclic) bond motifs is 3. The van der Waals surface area contributed by atoms with Crippen molar-refractivity contribution in [3.8, 4) is 5.75 Å². The van der Waals surface area contributed by atoms with Crippen molar-refractivity contribution in [1.82, 2.24) is 0 Å². The highest BCUT2D eigenvalue weighted by Crippen LogP contribution is 2.58. The Morgan fingerprint density at radius 3 is 2.86 bits per heavy atom. The molecule has 0 bridgehead atoms. The van der Waals surface area contributed by atoms with Gasteiger partial charge in [-0.1, -0.05) is 26.3 Å². The van der Waals surface area contributed by atoms with Crippen LogP contribution in [0.15, 0.2) is 18.2 Å². The second-order valence-electron chi connectivity index (χ2n) is 7.41. The standard InChI is InChI=1S/C19H26O2/c1-18(11-12-20)9-4-10-19(2)16-13-15(21-3)7-5-14(16)6-8-17(18)19/h5,7,12-13,17H,4,6,8-11H2,1-3H3/t17-,18+,19+/m0/s1. The van der Waals surface area contributed by atoms with Crippen LogP contribution in [0.2, 0.25) is 0 Å². The SMILES string of the molecule is COc1ccc2c(c1)[C@@]1(C)CCC[C@](C)(CC=O)[C@@H]1CC2. The highest BCUT2D eigenvalue weighted by molar-refractivity contribution is 5.52. The van der Waals surface area contributed by atoms with Gasteiger partial charge in [-0.25, -0.2) is 0 Å². The molecule has 1 aromatic rings. The molecule has 1 aromatic carbocycles. The Bertz CT molecular complexity index is 550. The first-order chi connectivity index (χ1) is 10.0. The van der Waals surface area contributed by atoms with E-state index in [2.05, 4.69) is 32.0 Å². The van der Waals surface area contributed by atoms with Gasteiger partial charge in [-0.05, 0) is 65.7 Å². The molecule has 21 heavy (non-hydrogen) atoms. The average Bonchev–Trinajstić information content (AvgIpc) is 2.47. The fourth-order valence-corrected chi connectivity index (χ4v) is 5.13. The van der Waals surface area contributed by atoms with Crippen molar-refractivity contribution in [2.75, 3.05) is 7.11 Å². The quantitative estimate of drug-likeness (QED) is 0.775. The molecule has 0 unspecified atom stereocenters. The van der Waals surface area contributed by atoms with Gasteiger partial charge >= 0.3 is 0 Å². The van der Waals surface area contributed by atoms with Crippen molar-refractivity contribution < 1.29 is 9.53 Å². The molecule has 0 N–H and O–H groups in total. The minimum atomic E-state index is 0.162. The molecule has 2 nitrogen and oxygen atoms in total. The summed E-state index contributed by atoms with van der Waals surface area (Å²) in [6.45, 7) is 4.74. The van der Waals surface area contributed by atoms with E-state index in [1.165, 1.54) is 36.8 Å². The molecule has 1 saturated carbocycles. The highest BCUT2D eigenvalue weighted by atomic mass is 16.5. The summed E-state index contributed by atoms with van der Waals surface area (Å²) in [6, 6.07) is 6.56. The Balaban J connectivity index is 2.07. The summed E-state index contributed by atoms with van der Waals surface area (Å²) in [6.07, 6.45) is 7.80. The smallest absolute Gasteiger partial charge is 0.120 e. The first-order valence-electron chi connectivity index (χ1n) is 8.14. The van der Waals surface area contributed by atoms with Gasteiger partial charge in [0.15, 0.2) is 0 Å². The predicted molar refractivity (Wildman–Crippen MR) is 84.8 cm³/mol. The van der Waals surface area contributed by atoms with Crippen LogP contribution in [0.5, 0.6) is 5.75 Å². The van der Waals surface area contributed by atoms with Crippen molar-refractivity contribution in [3.05, 3.63) is 29.3 Å². The second-order valence-corrected chi connectivity index (χ2v) is 7.41. The number of carbonyl (C=O) groups excluding carboxylic acids is 1. The Morgan fingerprint density at radius 2 is 2.14 bits per heavy atom. The fourth-order valence-electron chi connectivity index (χ4n) is 5.13. The van der Waals surface area contributed by atoms with Crippen molar-refractivity contribution >= 4 is 6.29 Å². The van der Waals surface area contributed by atoms with Crippen LogP contribution in [0.4, 0.5) is 0 Å². The average molecular weight is 286 g/mol. The summed E-state index contributed by atoms with van der Waals surface area (Å²) in [4.78, 5) is 11.2. The zero-order valence-corrected chi connectivity index (χ0v) is 13.4. The van der Waals surface area contributed by atoms with Gasteiger partial charge in [-0.2, -0.15) is 0 Å². The normalized spacial score (nSPS) is 34.7. The Morgan fingerprint density at radius 1 is 1.33 bits per heavy atom. The number of ether oxygens (including phenoxy) is 1. The number of aryl methyl sites for hydroxylation is 1. The molecule has 2 aliphatic carbocycles. The molecule has 0 heterocycles. The summed E-state index contributed by atoms with van der Waals surface area (Å²) < 4.78 is 5.45. The summed E-state index contributed by atoms with van der Waals surface area (Å²) >= 11 is 0. The van der Waals surface area contributed by atoms with E-state index in [0.29, 0.717) is 12.3 Å². The molecule has 3 rings (SSSR count). The van der Waals surface area contributed by atoms with E-state index >= 15 is 0 Å². The number of aldehydes is 1. The lowest BCUT2D eigenvalue weighted by atomic mass is 9.49. The van der Waals surface area contributed by atoms with Crippen LogP contribution in [0.3, 0.4) is 0 Å². The molecule has 114 valence electrons. The zero-order chi connectivity index (χ0) is 15.1. The van der Waals surface area contributed by atoms with E-state index in [0.717, 1.165) is 18.5 Å². The van der Waals surface area contributed by atoms with Gasteiger partial charge in [0.05, 0.1) is 7.11 Å². The van der Waals surface area contributed by atoms with Gasteiger partial charge in [0.25, 0.3) is 0 Å². The lowest BCUT2D eigenvalue weighted by Gasteiger charge is -2.55. The number of hydrogen-bond acceptors (Lipinski definition) is 2. The van der Waals surface area contributed by atoms with Crippen LogP contribution in [0.1, 0.15) is 57.1 Å². The van der Waals surface area contributed by atoms with E-state index in [4.69, 9.17) is 4.74 Å². The minimum absolute atomic E-state index is 0.162. The van der Waals surface area contributed by atoms with Crippen LogP contribution in [-0.2, 0) is 16.6 Å². The third kappa shape index (κ3) is 2.20. The fraction of sp³-hybridized carbons (Fsp3) is 0.632. The van der Waals surface area contributed by atoms with Crippen LogP contribution >= 0.6 is 0 Å². The molecule has 0 spiro atoms. The van der Waals surface area contributed by atoms with Crippen LogP contribution in [-0.4, -0.2) is 13.4 Å². The van der Waals surface area contributed by atoms with Crippen molar-refractivity contribution in [2.45, 2.75) is 57.8 Å². The maximum atomic E-state index is 11.2. The van der Waals surface area contributed by atoms with Crippen molar-refractivity contribution in [2.24, 2.45) is 11.3 Å². The summed E-state index contributed by atoms with van der Waals surface area (Å²) in [5, 5.41) is 0. The van der Waals surface area contributed by atoms with Crippen LogP contribution < -0.4 is 4.74 Å². The Hall–Kier alpha value is -1.31. The summed E-state index contributed by atoms with van der Waals surface area (Å²) in [5.74, 6) is 1.56. The molecule has 2 heteroatoms. The van der Waals surface area contributed by atoms with Crippen molar-refractivity contribution in [3.63, 3.8) is 0 Å². The molecular weight excluding hydrogens is 260 g/mol. The maximum absolute atomic E-state index is 11.2. The van der Waals surface area contributed by atoms with Gasteiger partial charge in [-0.3, -0.25) is 0 Å². The largest absolute Gasteiger partial charge is 0.497 e. The summed E-state index contributed by atoms with van der Waals surface area (Å²) in [7, 11) is 1.74. The van der Waals surface area contributed by atoms with E-state index in [-0.39, 0.29) is 10.8 Å². The van der Waals surface area contributed by atoms with E-state index in [9.17, 15) is 4.79 Å². The topological polar surface area (TPSA) is 26.3 Å². The van der Waals surface area contributed by atoms with Gasteiger partial charge in [0.2, 0.25) is 0 Å². The first kappa shape index (κ1) is 14.6. The predicted octanol–water partition coefficient (Wildman–Crippen LogP) is 4.29. The minimum Gasteiger partial charge on any atom is -0.497 e. The van der Waals surface area contributed by atoms with Gasteiger partial charge in [0, 0.05) is 6.42 Å². The second kappa shape index (κ2) is 5.15. The maximum Gasteiger partial charge on any atom is 0.120 e. The van der Waals surface area contributed by atoms with E-state index < -0.39 is 0 Å². The molecular formula is C19H26O2. The lowest BCUT2D eigenvalue weighted by molar-refractivity contribution is -0.112. The zero-order valence-electron chi connectivity index (χ0n) is 13.4. The molecule has 1 fully saturated rings. The first-order valence-corrected chi connectivity index (χ1v) is 8.14. The monoisotopic (exact) mass is 286 g/mol. The highest BCUT2D eigenvalue weighted by Gasteiger charge is 2.51. The third-order valence-corrected chi connectivity index (χ3v) is 6.24.